The van der Waals surface area contributed by atoms with Gasteiger partial charge in [0.15, 0.2) is 11.9 Å². The molecule has 2 aromatic heterocycles. The minimum atomic E-state index is -0.866. The maximum atomic E-state index is 12.2. The van der Waals surface area contributed by atoms with Gasteiger partial charge in [0.2, 0.25) is 0 Å². The average Bonchev–Trinajstić information content (AvgIpc) is 3.23. The van der Waals surface area contributed by atoms with Crippen LogP contribution in [0.1, 0.15) is 30.5 Å². The lowest BCUT2D eigenvalue weighted by Gasteiger charge is -2.14. The van der Waals surface area contributed by atoms with Gasteiger partial charge in [0.25, 0.3) is 5.91 Å². The number of rotatable bonds is 7. The Balaban J connectivity index is 1.52. The number of carbonyl (C=O) groups is 2. The van der Waals surface area contributed by atoms with E-state index in [1.54, 1.807) is 31.3 Å². The Morgan fingerprint density at radius 3 is 2.85 bits per heavy atom. The monoisotopic (exact) mass is 373 g/mol. The van der Waals surface area contributed by atoms with Crippen LogP contribution in [0.15, 0.2) is 34.9 Å². The first kappa shape index (κ1) is 18.1. The molecule has 7 nitrogen and oxygen atoms in total. The number of thiazole rings is 1. The van der Waals surface area contributed by atoms with Crippen LogP contribution in [0, 0.1) is 6.92 Å². The maximum Gasteiger partial charge on any atom is 0.306 e. The van der Waals surface area contributed by atoms with Crippen molar-refractivity contribution in [2.75, 3.05) is 5.32 Å². The first-order valence-electron chi connectivity index (χ1n) is 8.33. The fourth-order valence-corrected chi connectivity index (χ4v) is 3.37. The van der Waals surface area contributed by atoms with E-state index >= 15 is 0 Å². The molecular weight excluding hydrogens is 354 g/mol. The van der Waals surface area contributed by atoms with E-state index in [4.69, 9.17) is 9.26 Å². The van der Waals surface area contributed by atoms with Crippen LogP contribution in [0.25, 0.3) is 10.2 Å². The summed E-state index contributed by atoms with van der Waals surface area (Å²) in [5.41, 5.74) is 0.926. The Morgan fingerprint density at radius 1 is 1.35 bits per heavy atom. The number of anilines is 1. The summed E-state index contributed by atoms with van der Waals surface area (Å²) in [5, 5.41) is 7.15. The lowest BCUT2D eigenvalue weighted by atomic mass is 10.2. The molecule has 1 atom stereocenters. The highest BCUT2D eigenvalue weighted by molar-refractivity contribution is 7.18. The Kier molecular flexibility index (Phi) is 5.62. The predicted octanol–water partition coefficient (Wildman–Crippen LogP) is 3.49. The summed E-state index contributed by atoms with van der Waals surface area (Å²) in [5.74, 6) is 0.0365. The highest BCUT2D eigenvalue weighted by atomic mass is 32.1. The van der Waals surface area contributed by atoms with Crippen molar-refractivity contribution in [2.24, 2.45) is 0 Å². The van der Waals surface area contributed by atoms with Crippen LogP contribution < -0.4 is 5.32 Å². The van der Waals surface area contributed by atoms with E-state index in [0.29, 0.717) is 24.4 Å². The van der Waals surface area contributed by atoms with Crippen LogP contribution in [0.3, 0.4) is 0 Å². The fraction of sp³-hybridized carbons (Fsp3) is 0.333. The van der Waals surface area contributed by atoms with E-state index in [2.05, 4.69) is 15.5 Å². The molecule has 0 unspecified atom stereocenters. The highest BCUT2D eigenvalue weighted by Crippen LogP contribution is 2.22. The molecule has 2 heterocycles. The van der Waals surface area contributed by atoms with Crippen molar-refractivity contribution in [3.63, 3.8) is 0 Å². The van der Waals surface area contributed by atoms with Gasteiger partial charge < -0.3 is 14.6 Å². The van der Waals surface area contributed by atoms with Crippen LogP contribution in [-0.2, 0) is 20.7 Å². The van der Waals surface area contributed by atoms with Crippen LogP contribution in [0.5, 0.6) is 0 Å². The number of benzene rings is 1. The molecule has 1 amide bonds. The van der Waals surface area contributed by atoms with Gasteiger partial charge in [-0.1, -0.05) is 24.2 Å². The molecule has 3 rings (SSSR count). The number of nitrogens with zero attached hydrogens (tertiary/aromatic N) is 2. The standard InChI is InChI=1S/C18H19N3O4S/c1-3-13(18(23)20-15-10-11(2)25-21-15)24-17(22)9-8-16-19-12-6-4-5-7-14(12)26-16/h4-7,10,13H,3,8-9H2,1-2H3,(H,20,21,23)/t13-/m1/s1. The zero-order chi connectivity index (χ0) is 18.5. The Morgan fingerprint density at radius 2 is 2.15 bits per heavy atom. The fourth-order valence-electron chi connectivity index (χ4n) is 2.41. The number of nitrogens with one attached hydrogen (secondary N) is 1. The minimum Gasteiger partial charge on any atom is -0.452 e. The van der Waals surface area contributed by atoms with Crippen molar-refractivity contribution in [1.29, 1.82) is 0 Å². The lowest BCUT2D eigenvalue weighted by Crippen LogP contribution is -2.32. The molecule has 0 aliphatic heterocycles. The molecule has 0 radical (unpaired) electrons. The van der Waals surface area contributed by atoms with Crippen molar-refractivity contribution in [1.82, 2.24) is 10.1 Å². The van der Waals surface area contributed by atoms with Gasteiger partial charge in [0.1, 0.15) is 5.76 Å². The Hall–Kier alpha value is -2.74. The topological polar surface area (TPSA) is 94.3 Å². The van der Waals surface area contributed by atoms with Crippen molar-refractivity contribution in [3.8, 4) is 0 Å². The molecule has 0 spiro atoms. The zero-order valence-corrected chi connectivity index (χ0v) is 15.3. The summed E-state index contributed by atoms with van der Waals surface area (Å²) in [6, 6.07) is 9.43. The van der Waals surface area contributed by atoms with Gasteiger partial charge in [0, 0.05) is 12.5 Å². The lowest BCUT2D eigenvalue weighted by molar-refractivity contribution is -0.154. The molecular formula is C18H19N3O4S. The molecule has 0 aliphatic rings. The SMILES string of the molecule is CC[C@@H](OC(=O)CCc1nc2ccccc2s1)C(=O)Nc1cc(C)on1. The van der Waals surface area contributed by atoms with Crippen LogP contribution >= 0.6 is 11.3 Å². The number of fused-ring (bicyclic) bond motifs is 1. The molecule has 0 fully saturated rings. The predicted molar refractivity (Wildman–Crippen MR) is 98.0 cm³/mol. The summed E-state index contributed by atoms with van der Waals surface area (Å²) < 4.78 is 11.3. The summed E-state index contributed by atoms with van der Waals surface area (Å²) >= 11 is 1.56. The molecule has 136 valence electrons. The van der Waals surface area contributed by atoms with Crippen LogP contribution in [0.4, 0.5) is 5.82 Å². The van der Waals surface area contributed by atoms with E-state index < -0.39 is 18.0 Å². The second kappa shape index (κ2) is 8.09. The third kappa shape index (κ3) is 4.45. The number of hydrogen-bond donors (Lipinski definition) is 1. The second-order valence-corrected chi connectivity index (χ2v) is 6.89. The molecule has 26 heavy (non-hydrogen) atoms. The summed E-state index contributed by atoms with van der Waals surface area (Å²) in [4.78, 5) is 28.8. The number of aromatic nitrogens is 2. The van der Waals surface area contributed by atoms with Gasteiger partial charge in [0.05, 0.1) is 21.6 Å². The van der Waals surface area contributed by atoms with Gasteiger partial charge in [-0.3, -0.25) is 9.59 Å². The third-order valence-corrected chi connectivity index (χ3v) is 4.79. The summed E-state index contributed by atoms with van der Waals surface area (Å²) in [6.45, 7) is 3.50. The zero-order valence-electron chi connectivity index (χ0n) is 14.5. The third-order valence-electron chi connectivity index (χ3n) is 3.70. The molecule has 0 aliphatic carbocycles. The number of esters is 1. The number of hydrogen-bond acceptors (Lipinski definition) is 7. The maximum absolute atomic E-state index is 12.2. The van der Waals surface area contributed by atoms with E-state index in [1.165, 1.54) is 0 Å². The smallest absolute Gasteiger partial charge is 0.306 e. The summed E-state index contributed by atoms with van der Waals surface area (Å²) in [7, 11) is 0. The molecule has 1 aromatic carbocycles. The first-order chi connectivity index (χ1) is 12.5. The number of para-hydroxylation sites is 1. The number of amides is 1. The summed E-state index contributed by atoms with van der Waals surface area (Å²) in [6.07, 6.45) is 0.163. The molecule has 1 N–H and O–H groups in total. The number of aryl methyl sites for hydroxylation is 2. The normalized spacial score (nSPS) is 12.1. The van der Waals surface area contributed by atoms with Crippen molar-refractivity contribution in [3.05, 3.63) is 41.1 Å². The van der Waals surface area contributed by atoms with Gasteiger partial charge in [-0.05, 0) is 25.5 Å². The second-order valence-electron chi connectivity index (χ2n) is 5.77. The molecule has 0 saturated carbocycles. The minimum absolute atomic E-state index is 0.173. The molecule has 0 bridgehead atoms. The van der Waals surface area contributed by atoms with Gasteiger partial charge in [-0.25, -0.2) is 4.98 Å². The van der Waals surface area contributed by atoms with E-state index in [1.807, 2.05) is 24.3 Å². The molecule has 0 saturated heterocycles. The van der Waals surface area contributed by atoms with Crippen molar-refractivity contribution >= 4 is 39.2 Å². The van der Waals surface area contributed by atoms with Gasteiger partial charge >= 0.3 is 5.97 Å². The largest absolute Gasteiger partial charge is 0.452 e. The van der Waals surface area contributed by atoms with Gasteiger partial charge in [-0.2, -0.15) is 0 Å². The molecule has 3 aromatic rings. The number of ether oxygens (including phenoxy) is 1. The molecule has 8 heteroatoms. The quantitative estimate of drug-likeness (QED) is 0.637. The van der Waals surface area contributed by atoms with Gasteiger partial charge in [-0.15, -0.1) is 11.3 Å². The first-order valence-corrected chi connectivity index (χ1v) is 9.15. The van der Waals surface area contributed by atoms with E-state index in [9.17, 15) is 9.59 Å². The van der Waals surface area contributed by atoms with Crippen LogP contribution in [0.2, 0.25) is 0 Å². The Bertz CT molecular complexity index is 885. The van der Waals surface area contributed by atoms with E-state index in [-0.39, 0.29) is 6.42 Å². The van der Waals surface area contributed by atoms with Crippen molar-refractivity contribution in [2.45, 2.75) is 39.2 Å². The van der Waals surface area contributed by atoms with E-state index in [0.717, 1.165) is 15.2 Å². The van der Waals surface area contributed by atoms with Crippen molar-refractivity contribution < 1.29 is 18.8 Å². The highest BCUT2D eigenvalue weighted by Gasteiger charge is 2.22. The Labute approximate surface area is 154 Å². The van der Waals surface area contributed by atoms with Crippen LogP contribution in [-0.4, -0.2) is 28.1 Å². The number of carbonyl (C=O) groups excluding carboxylic acids is 2. The average molecular weight is 373 g/mol.